The topological polar surface area (TPSA) is 39.2 Å². The molecule has 0 radical (unpaired) electrons. The molecular weight excluding hydrogens is 234 g/mol. The van der Waals surface area contributed by atoms with Crippen LogP contribution >= 0.6 is 15.9 Å². The van der Waals surface area contributed by atoms with E-state index >= 15 is 0 Å². The Balaban J connectivity index is 3.10. The molecule has 70 valence electrons. The van der Waals surface area contributed by atoms with Crippen LogP contribution in [0.25, 0.3) is 0 Å². The highest BCUT2D eigenvalue weighted by Crippen LogP contribution is 2.19. The number of ketones is 1. The van der Waals surface area contributed by atoms with E-state index in [0.29, 0.717) is 22.7 Å². The maximum absolute atomic E-state index is 11.1. The molecule has 13 heavy (non-hydrogen) atoms. The third-order valence-corrected chi connectivity index (χ3v) is 1.93. The summed E-state index contributed by atoms with van der Waals surface area (Å²) in [7, 11) is 0. The van der Waals surface area contributed by atoms with Gasteiger partial charge in [0.15, 0.2) is 5.78 Å². The van der Waals surface area contributed by atoms with Crippen LogP contribution in [0, 0.1) is 0 Å². The smallest absolute Gasteiger partial charge is 0.225 e. The molecule has 0 amide bonds. The number of nitrogens with zero attached hydrogens (tertiary/aromatic N) is 1. The molecule has 0 aliphatic rings. The summed E-state index contributed by atoms with van der Waals surface area (Å²) < 4.78 is 5.88. The van der Waals surface area contributed by atoms with E-state index in [1.54, 1.807) is 12.1 Å². The third kappa shape index (κ3) is 2.52. The minimum atomic E-state index is -0.0385. The fourth-order valence-electron chi connectivity index (χ4n) is 0.933. The number of halogens is 1. The van der Waals surface area contributed by atoms with Gasteiger partial charge in [0.05, 0.1) is 12.2 Å². The molecule has 0 N–H and O–H groups in total. The molecule has 0 fully saturated rings. The molecule has 4 heteroatoms. The first-order valence-electron chi connectivity index (χ1n) is 3.95. The van der Waals surface area contributed by atoms with Gasteiger partial charge in [0.1, 0.15) is 4.60 Å². The summed E-state index contributed by atoms with van der Waals surface area (Å²) in [5, 5.41) is 0. The Bertz CT molecular complexity index is 325. The molecule has 1 heterocycles. The minimum absolute atomic E-state index is 0.0385. The van der Waals surface area contributed by atoms with E-state index in [2.05, 4.69) is 20.9 Å². The monoisotopic (exact) mass is 243 g/mol. The van der Waals surface area contributed by atoms with Crippen molar-refractivity contribution in [1.29, 1.82) is 0 Å². The summed E-state index contributed by atoms with van der Waals surface area (Å²) >= 11 is 3.21. The SMILES string of the molecule is CCOc1nc(Br)ccc1C(C)=O. The van der Waals surface area contributed by atoms with E-state index in [1.807, 2.05) is 6.92 Å². The van der Waals surface area contributed by atoms with Crippen molar-refractivity contribution in [2.24, 2.45) is 0 Å². The molecule has 0 aromatic carbocycles. The van der Waals surface area contributed by atoms with Crippen LogP contribution in [0.1, 0.15) is 24.2 Å². The predicted octanol–water partition coefficient (Wildman–Crippen LogP) is 2.45. The summed E-state index contributed by atoms with van der Waals surface area (Å²) in [5.41, 5.74) is 0.519. The van der Waals surface area contributed by atoms with Gasteiger partial charge in [0.2, 0.25) is 5.88 Å². The second-order valence-corrected chi connectivity index (χ2v) is 3.29. The van der Waals surface area contributed by atoms with E-state index in [-0.39, 0.29) is 5.78 Å². The van der Waals surface area contributed by atoms with E-state index < -0.39 is 0 Å². The first-order valence-corrected chi connectivity index (χ1v) is 4.74. The molecule has 0 bridgehead atoms. The first-order chi connectivity index (χ1) is 6.15. The lowest BCUT2D eigenvalue weighted by Gasteiger charge is -2.06. The lowest BCUT2D eigenvalue weighted by Crippen LogP contribution is -2.02. The second kappa shape index (κ2) is 4.37. The van der Waals surface area contributed by atoms with Crippen molar-refractivity contribution in [3.8, 4) is 5.88 Å². The highest BCUT2D eigenvalue weighted by molar-refractivity contribution is 9.10. The number of Topliss-reactive ketones (excluding diaryl/α,β-unsaturated/α-hetero) is 1. The maximum Gasteiger partial charge on any atom is 0.225 e. The van der Waals surface area contributed by atoms with Gasteiger partial charge in [-0.3, -0.25) is 4.79 Å². The molecule has 1 aromatic heterocycles. The Hall–Kier alpha value is -0.900. The zero-order valence-corrected chi connectivity index (χ0v) is 9.09. The minimum Gasteiger partial charge on any atom is -0.477 e. The number of pyridine rings is 1. The summed E-state index contributed by atoms with van der Waals surface area (Å²) in [6, 6.07) is 3.42. The molecular formula is C9H10BrNO2. The summed E-state index contributed by atoms with van der Waals surface area (Å²) in [6.07, 6.45) is 0. The molecule has 1 aromatic rings. The van der Waals surface area contributed by atoms with Crippen LogP contribution in [0.5, 0.6) is 5.88 Å². The van der Waals surface area contributed by atoms with Gasteiger partial charge >= 0.3 is 0 Å². The van der Waals surface area contributed by atoms with Crippen molar-refractivity contribution in [3.05, 3.63) is 22.3 Å². The molecule has 3 nitrogen and oxygen atoms in total. The van der Waals surface area contributed by atoms with Crippen LogP contribution in [0.2, 0.25) is 0 Å². The normalized spacial score (nSPS) is 9.77. The Kier molecular flexibility index (Phi) is 3.42. The first kappa shape index (κ1) is 10.2. The van der Waals surface area contributed by atoms with Crippen molar-refractivity contribution >= 4 is 21.7 Å². The highest BCUT2D eigenvalue weighted by Gasteiger charge is 2.09. The van der Waals surface area contributed by atoms with Gasteiger partial charge in [-0.25, -0.2) is 4.98 Å². The number of ether oxygens (including phenoxy) is 1. The Labute approximate surface area is 85.3 Å². The zero-order valence-electron chi connectivity index (χ0n) is 7.50. The van der Waals surface area contributed by atoms with Gasteiger partial charge in [-0.1, -0.05) is 0 Å². The van der Waals surface area contributed by atoms with Gasteiger partial charge in [0.25, 0.3) is 0 Å². The summed E-state index contributed by atoms with van der Waals surface area (Å²) in [6.45, 7) is 3.85. The summed E-state index contributed by atoms with van der Waals surface area (Å²) in [5.74, 6) is 0.354. The Morgan fingerprint density at radius 2 is 2.31 bits per heavy atom. The second-order valence-electron chi connectivity index (χ2n) is 2.48. The van der Waals surface area contributed by atoms with Crippen molar-refractivity contribution in [1.82, 2.24) is 4.98 Å². The van der Waals surface area contributed by atoms with E-state index in [1.165, 1.54) is 6.92 Å². The van der Waals surface area contributed by atoms with Crippen LogP contribution < -0.4 is 4.74 Å². The standard InChI is InChI=1S/C9H10BrNO2/c1-3-13-9-7(6(2)12)4-5-8(10)11-9/h4-5H,3H2,1-2H3. The number of rotatable bonds is 3. The fraction of sp³-hybridized carbons (Fsp3) is 0.333. The molecule has 0 spiro atoms. The Morgan fingerprint density at radius 1 is 1.62 bits per heavy atom. The van der Waals surface area contributed by atoms with Crippen molar-refractivity contribution in [2.45, 2.75) is 13.8 Å². The molecule has 0 unspecified atom stereocenters. The number of hydrogen-bond acceptors (Lipinski definition) is 3. The van der Waals surface area contributed by atoms with Crippen LogP contribution in [0.4, 0.5) is 0 Å². The zero-order chi connectivity index (χ0) is 9.84. The van der Waals surface area contributed by atoms with Crippen molar-refractivity contribution in [3.63, 3.8) is 0 Å². The van der Waals surface area contributed by atoms with E-state index in [0.717, 1.165) is 0 Å². The van der Waals surface area contributed by atoms with Gasteiger partial charge < -0.3 is 4.74 Å². The number of carbonyl (C=O) groups excluding carboxylic acids is 1. The maximum atomic E-state index is 11.1. The predicted molar refractivity (Wildman–Crippen MR) is 53.1 cm³/mol. The lowest BCUT2D eigenvalue weighted by molar-refractivity contribution is 0.101. The van der Waals surface area contributed by atoms with Gasteiger partial charge in [-0.05, 0) is 41.9 Å². The number of hydrogen-bond donors (Lipinski definition) is 0. The third-order valence-electron chi connectivity index (χ3n) is 1.49. The van der Waals surface area contributed by atoms with Crippen molar-refractivity contribution in [2.75, 3.05) is 6.61 Å². The van der Waals surface area contributed by atoms with Gasteiger partial charge in [0, 0.05) is 0 Å². The molecule has 0 aliphatic heterocycles. The van der Waals surface area contributed by atoms with Crippen LogP contribution in [-0.2, 0) is 0 Å². The molecule has 1 rings (SSSR count). The number of aromatic nitrogens is 1. The average Bonchev–Trinajstić information content (AvgIpc) is 2.04. The lowest BCUT2D eigenvalue weighted by atomic mass is 10.2. The quantitative estimate of drug-likeness (QED) is 0.605. The average molecular weight is 244 g/mol. The van der Waals surface area contributed by atoms with Gasteiger partial charge in [-0.2, -0.15) is 0 Å². The summed E-state index contributed by atoms with van der Waals surface area (Å²) in [4.78, 5) is 15.2. The highest BCUT2D eigenvalue weighted by atomic mass is 79.9. The van der Waals surface area contributed by atoms with E-state index in [4.69, 9.17) is 4.74 Å². The Morgan fingerprint density at radius 3 is 2.85 bits per heavy atom. The van der Waals surface area contributed by atoms with Crippen LogP contribution in [-0.4, -0.2) is 17.4 Å². The molecule has 0 saturated carbocycles. The molecule has 0 atom stereocenters. The van der Waals surface area contributed by atoms with Crippen LogP contribution in [0.15, 0.2) is 16.7 Å². The fourth-order valence-corrected chi connectivity index (χ4v) is 1.23. The van der Waals surface area contributed by atoms with Gasteiger partial charge in [-0.15, -0.1) is 0 Å². The number of carbonyl (C=O) groups is 1. The largest absolute Gasteiger partial charge is 0.477 e. The molecule has 0 aliphatic carbocycles. The van der Waals surface area contributed by atoms with Crippen LogP contribution in [0.3, 0.4) is 0 Å². The molecule has 0 saturated heterocycles. The van der Waals surface area contributed by atoms with E-state index in [9.17, 15) is 4.79 Å². The van der Waals surface area contributed by atoms with Crippen molar-refractivity contribution < 1.29 is 9.53 Å².